The number of nitrogens with zero attached hydrogens (tertiary/aromatic N) is 1. The molecule has 1 aliphatic carbocycles. The minimum atomic E-state index is -0.623. The number of para-hydroxylation sites is 1. The molecule has 0 radical (unpaired) electrons. The molecule has 1 saturated carbocycles. The molecular weight excluding hydrogens is 330 g/mol. The second-order valence-corrected chi connectivity index (χ2v) is 5.32. The molecule has 0 spiro atoms. The fraction of sp³-hybridized carbons (Fsp3) is 0.462. The van der Waals surface area contributed by atoms with Crippen LogP contribution in [-0.2, 0) is 9.53 Å². The van der Waals surface area contributed by atoms with Gasteiger partial charge < -0.3 is 9.47 Å². The van der Waals surface area contributed by atoms with E-state index in [2.05, 4.69) is 15.9 Å². The van der Waals surface area contributed by atoms with Crippen molar-refractivity contribution >= 4 is 27.4 Å². The lowest BCUT2D eigenvalue weighted by Gasteiger charge is -2.34. The lowest BCUT2D eigenvalue weighted by atomic mass is 9.90. The zero-order valence-electron chi connectivity index (χ0n) is 10.9. The maximum atomic E-state index is 11.5. The summed E-state index contributed by atoms with van der Waals surface area (Å²) >= 11 is 3.23. The molecule has 0 amide bonds. The van der Waals surface area contributed by atoms with Crippen LogP contribution in [0.5, 0.6) is 5.75 Å². The molecule has 0 bridgehead atoms. The van der Waals surface area contributed by atoms with E-state index in [1.54, 1.807) is 12.1 Å². The Balaban J connectivity index is 2.14. The summed E-state index contributed by atoms with van der Waals surface area (Å²) < 4.78 is 11.5. The molecule has 0 saturated heterocycles. The molecule has 1 aromatic rings. The molecule has 2 rings (SSSR count). The van der Waals surface area contributed by atoms with Crippen LogP contribution in [0.4, 0.5) is 5.69 Å². The first-order valence-electron chi connectivity index (χ1n) is 6.28. The van der Waals surface area contributed by atoms with E-state index in [1.165, 1.54) is 6.07 Å². The summed E-state index contributed by atoms with van der Waals surface area (Å²) in [6.45, 7) is 2.41. The van der Waals surface area contributed by atoms with E-state index < -0.39 is 17.1 Å². The first-order chi connectivity index (χ1) is 9.54. The first kappa shape index (κ1) is 14.9. The summed E-state index contributed by atoms with van der Waals surface area (Å²) in [5, 5.41) is 11.0. The minimum Gasteiger partial charge on any atom is -0.479 e. The molecule has 1 aromatic carbocycles. The van der Waals surface area contributed by atoms with Crippen molar-refractivity contribution in [2.75, 3.05) is 6.61 Å². The average molecular weight is 344 g/mol. The van der Waals surface area contributed by atoms with E-state index >= 15 is 0 Å². The highest BCUT2D eigenvalue weighted by atomic mass is 79.9. The summed E-state index contributed by atoms with van der Waals surface area (Å²) in [6.07, 6.45) is -0.0773. The second kappa shape index (κ2) is 6.32. The highest BCUT2D eigenvalue weighted by molar-refractivity contribution is 9.10. The molecule has 20 heavy (non-hydrogen) atoms. The number of carbonyl (C=O) groups is 1. The third-order valence-corrected chi connectivity index (χ3v) is 3.60. The van der Waals surface area contributed by atoms with E-state index in [9.17, 15) is 14.9 Å². The predicted octanol–water partition coefficient (Wildman–Crippen LogP) is 2.87. The Labute approximate surface area is 124 Å². The number of Topliss-reactive ketones (excluding diaryl/α,β-unsaturated/α-hetero) is 1. The number of hydrogen-bond donors (Lipinski definition) is 0. The maximum absolute atomic E-state index is 11.5. The van der Waals surface area contributed by atoms with Crippen LogP contribution in [0.3, 0.4) is 0 Å². The van der Waals surface area contributed by atoms with Crippen LogP contribution in [0.15, 0.2) is 22.7 Å². The Morgan fingerprint density at radius 3 is 2.85 bits per heavy atom. The van der Waals surface area contributed by atoms with E-state index in [1.807, 2.05) is 6.92 Å². The number of rotatable bonds is 6. The topological polar surface area (TPSA) is 78.7 Å². The molecule has 2 unspecified atom stereocenters. The van der Waals surface area contributed by atoms with Gasteiger partial charge in [-0.3, -0.25) is 14.9 Å². The molecule has 1 fully saturated rings. The van der Waals surface area contributed by atoms with Crippen LogP contribution in [0.2, 0.25) is 0 Å². The van der Waals surface area contributed by atoms with Crippen LogP contribution in [0.1, 0.15) is 19.8 Å². The largest absolute Gasteiger partial charge is 0.479 e. The van der Waals surface area contributed by atoms with Gasteiger partial charge in [-0.15, -0.1) is 0 Å². The Morgan fingerprint density at radius 2 is 2.25 bits per heavy atom. The molecule has 2 atom stereocenters. The quantitative estimate of drug-likeness (QED) is 0.586. The lowest BCUT2D eigenvalue weighted by molar-refractivity contribution is -0.386. The standard InChI is InChI=1S/C13H14BrNO5/c1-2-6-19-13-10(16)7-11(13)20-12-8(14)4-3-5-9(12)15(17)18/h3-5,11,13H,2,6-7H2,1H3. The van der Waals surface area contributed by atoms with Crippen molar-refractivity contribution in [3.05, 3.63) is 32.8 Å². The number of hydrogen-bond acceptors (Lipinski definition) is 5. The van der Waals surface area contributed by atoms with Crippen molar-refractivity contribution in [1.29, 1.82) is 0 Å². The van der Waals surface area contributed by atoms with E-state index in [-0.39, 0.29) is 23.6 Å². The van der Waals surface area contributed by atoms with Gasteiger partial charge >= 0.3 is 5.69 Å². The van der Waals surface area contributed by atoms with Crippen LogP contribution >= 0.6 is 15.9 Å². The molecule has 0 aliphatic heterocycles. The average Bonchev–Trinajstić information content (AvgIpc) is 2.40. The number of nitro benzene ring substituents is 1. The smallest absolute Gasteiger partial charge is 0.312 e. The maximum Gasteiger partial charge on any atom is 0.312 e. The third-order valence-electron chi connectivity index (χ3n) is 2.97. The summed E-state index contributed by atoms with van der Waals surface area (Å²) in [6, 6.07) is 4.58. The van der Waals surface area contributed by atoms with Gasteiger partial charge in [0.1, 0.15) is 6.10 Å². The fourth-order valence-corrected chi connectivity index (χ4v) is 2.38. The highest BCUT2D eigenvalue weighted by Gasteiger charge is 2.43. The zero-order chi connectivity index (χ0) is 14.7. The van der Waals surface area contributed by atoms with Crippen LogP contribution in [-0.4, -0.2) is 29.5 Å². The highest BCUT2D eigenvalue weighted by Crippen LogP contribution is 2.38. The summed E-state index contributed by atoms with van der Waals surface area (Å²) in [7, 11) is 0. The van der Waals surface area contributed by atoms with Crippen molar-refractivity contribution in [3.63, 3.8) is 0 Å². The zero-order valence-corrected chi connectivity index (χ0v) is 12.5. The Morgan fingerprint density at radius 1 is 1.50 bits per heavy atom. The van der Waals surface area contributed by atoms with Crippen molar-refractivity contribution in [2.24, 2.45) is 0 Å². The number of ketones is 1. The molecule has 1 aliphatic rings. The SMILES string of the molecule is CCCOC1C(=O)CC1Oc1c(Br)cccc1[N+](=O)[O-]. The van der Waals surface area contributed by atoms with Gasteiger partial charge in [-0.25, -0.2) is 0 Å². The van der Waals surface area contributed by atoms with Crippen molar-refractivity contribution in [1.82, 2.24) is 0 Å². The van der Waals surface area contributed by atoms with Crippen molar-refractivity contribution < 1.29 is 19.2 Å². The molecule has 6 nitrogen and oxygen atoms in total. The summed E-state index contributed by atoms with van der Waals surface area (Å²) in [5.41, 5.74) is -0.132. The molecule has 0 heterocycles. The minimum absolute atomic E-state index is 0.0295. The first-order valence-corrected chi connectivity index (χ1v) is 7.07. The monoisotopic (exact) mass is 343 g/mol. The van der Waals surface area contributed by atoms with E-state index in [0.717, 1.165) is 6.42 Å². The number of benzene rings is 1. The van der Waals surface area contributed by atoms with Crippen LogP contribution < -0.4 is 4.74 Å². The van der Waals surface area contributed by atoms with Gasteiger partial charge in [0.15, 0.2) is 11.9 Å². The fourth-order valence-electron chi connectivity index (χ4n) is 1.93. The molecule has 0 N–H and O–H groups in total. The summed E-state index contributed by atoms with van der Waals surface area (Å²) in [5.74, 6) is 0.109. The Hall–Kier alpha value is -1.47. The number of ether oxygens (including phenoxy) is 2. The molecule has 7 heteroatoms. The molecular formula is C13H14BrNO5. The second-order valence-electron chi connectivity index (χ2n) is 4.46. The van der Waals surface area contributed by atoms with Crippen LogP contribution in [0.25, 0.3) is 0 Å². The van der Waals surface area contributed by atoms with E-state index in [0.29, 0.717) is 11.1 Å². The lowest BCUT2D eigenvalue weighted by Crippen LogP contribution is -2.52. The van der Waals surface area contributed by atoms with E-state index in [4.69, 9.17) is 9.47 Å². The van der Waals surface area contributed by atoms with Gasteiger partial charge in [-0.05, 0) is 28.4 Å². The molecule has 0 aromatic heterocycles. The Kier molecular flexibility index (Phi) is 4.72. The number of halogens is 1. The van der Waals surface area contributed by atoms with Gasteiger partial charge in [0.25, 0.3) is 0 Å². The number of carbonyl (C=O) groups excluding carboxylic acids is 1. The van der Waals surface area contributed by atoms with Gasteiger partial charge in [0, 0.05) is 19.1 Å². The number of nitro groups is 1. The van der Waals surface area contributed by atoms with Gasteiger partial charge in [0.05, 0.1) is 9.40 Å². The van der Waals surface area contributed by atoms with Crippen LogP contribution in [0, 0.1) is 10.1 Å². The normalized spacial score (nSPS) is 21.4. The van der Waals surface area contributed by atoms with Crippen molar-refractivity contribution in [2.45, 2.75) is 32.0 Å². The third kappa shape index (κ3) is 2.99. The Bertz CT molecular complexity index is 533. The predicted molar refractivity (Wildman–Crippen MR) is 74.9 cm³/mol. The van der Waals surface area contributed by atoms with Gasteiger partial charge in [-0.1, -0.05) is 13.0 Å². The van der Waals surface area contributed by atoms with Gasteiger partial charge in [0.2, 0.25) is 5.75 Å². The summed E-state index contributed by atoms with van der Waals surface area (Å²) in [4.78, 5) is 22.0. The van der Waals surface area contributed by atoms with Gasteiger partial charge in [-0.2, -0.15) is 0 Å². The van der Waals surface area contributed by atoms with Crippen molar-refractivity contribution in [3.8, 4) is 5.75 Å². The molecule has 108 valence electrons.